The molecule has 0 spiro atoms. The summed E-state index contributed by atoms with van der Waals surface area (Å²) in [6, 6.07) is 12.0. The number of fused-ring (bicyclic) bond motifs is 1. The number of allylic oxidation sites excluding steroid dienone is 2. The first-order valence-electron chi connectivity index (χ1n) is 8.73. The average Bonchev–Trinajstić information content (AvgIpc) is 2.85. The summed E-state index contributed by atoms with van der Waals surface area (Å²) in [4.78, 5) is 14.0. The van der Waals surface area contributed by atoms with E-state index in [1.807, 2.05) is 25.3 Å². The molecule has 0 fully saturated rings. The number of halogens is 1. The van der Waals surface area contributed by atoms with Gasteiger partial charge < -0.3 is 4.90 Å². The Balaban J connectivity index is 1.77. The van der Waals surface area contributed by atoms with Crippen LogP contribution in [0.25, 0.3) is 0 Å². The van der Waals surface area contributed by atoms with Crippen molar-refractivity contribution < 1.29 is 13.2 Å². The first-order valence-corrected chi connectivity index (χ1v) is 10.7. The summed E-state index contributed by atoms with van der Waals surface area (Å²) < 4.78 is 23.1. The number of nitrogens with one attached hydrogen (secondary N) is 1. The third kappa shape index (κ3) is 4.05. The molecular weight excluding hydrogens is 412 g/mol. The Morgan fingerprint density at radius 3 is 2.59 bits per heavy atom. The zero-order chi connectivity index (χ0) is 21.4. The van der Waals surface area contributed by atoms with E-state index >= 15 is 0 Å². The van der Waals surface area contributed by atoms with Crippen molar-refractivity contribution in [1.29, 1.82) is 0 Å². The fourth-order valence-corrected chi connectivity index (χ4v) is 4.50. The molecule has 0 bridgehead atoms. The number of carbonyl (C=O) groups is 1. The molecule has 0 unspecified atom stereocenters. The highest BCUT2D eigenvalue weighted by molar-refractivity contribution is 7.89. The number of hydrogen-bond acceptors (Lipinski definition) is 5. The number of nitrogens with zero attached hydrogens (tertiary/aromatic N) is 2. The molecule has 0 saturated carbocycles. The topological polar surface area (TPSA) is 105 Å². The van der Waals surface area contributed by atoms with Gasteiger partial charge in [0.15, 0.2) is 0 Å². The number of hydrogen-bond donors (Lipinski definition) is 2. The molecule has 0 aromatic heterocycles. The lowest BCUT2D eigenvalue weighted by atomic mass is 9.84. The fraction of sp³-hybridized carbons (Fsp3) is 0.200. The SMILES string of the molecule is CN1/C(=C/C=N/NC(=O)c2ccc(Cl)c(S(N)(=O)=O)c2)C(C)(C)c2ccccc21. The molecule has 1 aliphatic rings. The Bertz CT molecular complexity index is 1140. The Morgan fingerprint density at radius 1 is 1.24 bits per heavy atom. The number of hydrazone groups is 1. The molecule has 2 aromatic rings. The van der Waals surface area contributed by atoms with Gasteiger partial charge in [-0.1, -0.05) is 43.6 Å². The summed E-state index contributed by atoms with van der Waals surface area (Å²) >= 11 is 5.83. The van der Waals surface area contributed by atoms with Crippen molar-refractivity contribution in [3.63, 3.8) is 0 Å². The standard InChI is InChI=1S/C20H21ClN4O3S/c1-20(2)14-6-4-5-7-16(14)25(3)18(20)10-11-23-24-19(26)13-8-9-15(21)17(12-13)29(22,27)28/h4-12H,1-3H3,(H,24,26)(H2,22,27,28)/b18-10+,23-11+. The maximum absolute atomic E-state index is 12.3. The lowest BCUT2D eigenvalue weighted by molar-refractivity contribution is 0.0955. The van der Waals surface area contributed by atoms with Crippen LogP contribution in [0.2, 0.25) is 5.02 Å². The predicted octanol–water partition coefficient (Wildman–Crippen LogP) is 3.01. The second-order valence-electron chi connectivity index (χ2n) is 7.16. The number of primary sulfonamides is 1. The summed E-state index contributed by atoms with van der Waals surface area (Å²) in [5, 5.41) is 9.00. The quantitative estimate of drug-likeness (QED) is 0.572. The Kier molecular flexibility index (Phi) is 5.53. The summed E-state index contributed by atoms with van der Waals surface area (Å²) in [6.07, 6.45) is 3.33. The van der Waals surface area contributed by atoms with Crippen LogP contribution in [-0.2, 0) is 15.4 Å². The van der Waals surface area contributed by atoms with Gasteiger partial charge in [-0.25, -0.2) is 19.0 Å². The number of rotatable bonds is 4. The molecule has 0 saturated heterocycles. The van der Waals surface area contributed by atoms with Crippen LogP contribution in [-0.4, -0.2) is 27.6 Å². The van der Waals surface area contributed by atoms with Gasteiger partial charge in [0.25, 0.3) is 5.91 Å². The molecule has 3 N–H and O–H groups in total. The molecule has 1 heterocycles. The van der Waals surface area contributed by atoms with E-state index in [1.165, 1.54) is 23.9 Å². The highest BCUT2D eigenvalue weighted by atomic mass is 35.5. The van der Waals surface area contributed by atoms with E-state index in [9.17, 15) is 13.2 Å². The molecule has 29 heavy (non-hydrogen) atoms. The van der Waals surface area contributed by atoms with Crippen LogP contribution in [0.3, 0.4) is 0 Å². The van der Waals surface area contributed by atoms with Crippen LogP contribution < -0.4 is 15.5 Å². The van der Waals surface area contributed by atoms with Crippen molar-refractivity contribution >= 4 is 39.4 Å². The molecular formula is C20H21ClN4O3S. The maximum atomic E-state index is 12.3. The monoisotopic (exact) mass is 432 g/mol. The zero-order valence-electron chi connectivity index (χ0n) is 16.2. The molecule has 9 heteroatoms. The molecule has 0 radical (unpaired) electrons. The largest absolute Gasteiger partial charge is 0.347 e. The number of para-hydroxylation sites is 1. The second kappa shape index (κ2) is 7.62. The van der Waals surface area contributed by atoms with E-state index in [4.69, 9.17) is 16.7 Å². The second-order valence-corrected chi connectivity index (χ2v) is 9.10. The molecule has 0 aliphatic carbocycles. The predicted molar refractivity (Wildman–Crippen MR) is 115 cm³/mol. The van der Waals surface area contributed by atoms with Crippen molar-refractivity contribution in [3.05, 3.63) is 70.4 Å². The van der Waals surface area contributed by atoms with Gasteiger partial charge in [0.2, 0.25) is 10.0 Å². The Labute approximate surface area is 174 Å². The molecule has 7 nitrogen and oxygen atoms in total. The lowest BCUT2D eigenvalue weighted by Crippen LogP contribution is -2.23. The van der Waals surface area contributed by atoms with Gasteiger partial charge in [0, 0.05) is 35.6 Å². The fourth-order valence-electron chi connectivity index (χ4n) is 3.43. The van der Waals surface area contributed by atoms with Gasteiger partial charge in [0.05, 0.1) is 5.02 Å². The van der Waals surface area contributed by atoms with Gasteiger partial charge >= 0.3 is 0 Å². The summed E-state index contributed by atoms with van der Waals surface area (Å²) in [7, 11) is -2.06. The van der Waals surface area contributed by atoms with E-state index in [-0.39, 0.29) is 20.9 Å². The number of likely N-dealkylation sites (N-methyl/N-ethyl adjacent to an activating group) is 1. The summed E-state index contributed by atoms with van der Waals surface area (Å²) in [5.74, 6) is -0.580. The van der Waals surface area contributed by atoms with E-state index in [2.05, 4.69) is 41.4 Å². The van der Waals surface area contributed by atoms with Gasteiger partial charge in [-0.05, 0) is 35.9 Å². The number of benzene rings is 2. The summed E-state index contributed by atoms with van der Waals surface area (Å²) in [6.45, 7) is 4.24. The first-order chi connectivity index (χ1) is 13.5. The lowest BCUT2D eigenvalue weighted by Gasteiger charge is -2.23. The van der Waals surface area contributed by atoms with Crippen LogP contribution >= 0.6 is 11.6 Å². The molecule has 2 aromatic carbocycles. The van der Waals surface area contributed by atoms with Crippen molar-refractivity contribution in [2.24, 2.45) is 10.2 Å². The van der Waals surface area contributed by atoms with Crippen molar-refractivity contribution in [3.8, 4) is 0 Å². The first kappa shape index (κ1) is 21.0. The minimum Gasteiger partial charge on any atom is -0.347 e. The molecule has 1 aliphatic heterocycles. The van der Waals surface area contributed by atoms with E-state index in [0.29, 0.717) is 0 Å². The average molecular weight is 433 g/mol. The molecule has 3 rings (SSSR count). The third-order valence-electron chi connectivity index (χ3n) is 4.91. The molecule has 1 amide bonds. The summed E-state index contributed by atoms with van der Waals surface area (Å²) in [5.41, 5.74) is 5.61. The molecule has 0 atom stereocenters. The Morgan fingerprint density at radius 2 is 1.93 bits per heavy atom. The van der Waals surface area contributed by atoms with Crippen LogP contribution in [0.1, 0.15) is 29.8 Å². The normalized spacial score (nSPS) is 17.0. The van der Waals surface area contributed by atoms with Crippen molar-refractivity contribution in [2.75, 3.05) is 11.9 Å². The van der Waals surface area contributed by atoms with Gasteiger partial charge in [0.1, 0.15) is 4.90 Å². The zero-order valence-corrected chi connectivity index (χ0v) is 17.8. The Hall–Kier alpha value is -2.68. The van der Waals surface area contributed by atoms with E-state index in [0.717, 1.165) is 17.5 Å². The number of sulfonamides is 1. The highest BCUT2D eigenvalue weighted by Gasteiger charge is 2.37. The molecule has 152 valence electrons. The van der Waals surface area contributed by atoms with E-state index < -0.39 is 15.9 Å². The number of nitrogens with two attached hydrogens (primary N) is 1. The van der Waals surface area contributed by atoms with Crippen LogP contribution in [0.5, 0.6) is 0 Å². The van der Waals surface area contributed by atoms with Crippen LogP contribution in [0, 0.1) is 0 Å². The minimum atomic E-state index is -4.04. The van der Waals surface area contributed by atoms with Gasteiger partial charge in [-0.2, -0.15) is 5.10 Å². The maximum Gasteiger partial charge on any atom is 0.271 e. The van der Waals surface area contributed by atoms with E-state index in [1.54, 1.807) is 0 Å². The third-order valence-corrected chi connectivity index (χ3v) is 6.31. The van der Waals surface area contributed by atoms with Gasteiger partial charge in [-0.15, -0.1) is 0 Å². The van der Waals surface area contributed by atoms with Crippen LogP contribution in [0.15, 0.2) is 64.2 Å². The smallest absolute Gasteiger partial charge is 0.271 e. The number of anilines is 1. The van der Waals surface area contributed by atoms with Crippen molar-refractivity contribution in [2.45, 2.75) is 24.2 Å². The minimum absolute atomic E-state index is 0.0525. The highest BCUT2D eigenvalue weighted by Crippen LogP contribution is 2.46. The van der Waals surface area contributed by atoms with Crippen LogP contribution in [0.4, 0.5) is 5.69 Å². The number of carbonyl (C=O) groups excluding carboxylic acids is 1. The van der Waals surface area contributed by atoms with Gasteiger partial charge in [-0.3, -0.25) is 4.79 Å². The number of amides is 1. The van der Waals surface area contributed by atoms with Crippen molar-refractivity contribution in [1.82, 2.24) is 5.43 Å².